The molecule has 0 fully saturated rings. The maximum atomic E-state index is 13.8. The van der Waals surface area contributed by atoms with Crippen LogP contribution in [0.2, 0.25) is 0 Å². The highest BCUT2D eigenvalue weighted by Gasteiger charge is 2.27. The zero-order chi connectivity index (χ0) is 22.3. The molecule has 0 aliphatic carbocycles. The molecule has 0 saturated heterocycles. The first kappa shape index (κ1) is 23.1. The predicted octanol–water partition coefficient (Wildman–Crippen LogP) is 3.10. The Bertz CT molecular complexity index is 882. The SMILES string of the molecule is COc1ccc(CCNC(=O)C(NC(=O)c2c(F)cccc2F)C(C)C)cc1OC. The van der Waals surface area contributed by atoms with Crippen LogP contribution in [0.15, 0.2) is 36.4 Å². The van der Waals surface area contributed by atoms with Gasteiger partial charge in [-0.3, -0.25) is 9.59 Å². The molecule has 2 N–H and O–H groups in total. The van der Waals surface area contributed by atoms with Gasteiger partial charge >= 0.3 is 0 Å². The molecule has 1 atom stereocenters. The zero-order valence-electron chi connectivity index (χ0n) is 17.4. The number of carbonyl (C=O) groups is 2. The fourth-order valence-electron chi connectivity index (χ4n) is 2.94. The Labute approximate surface area is 174 Å². The molecule has 2 rings (SSSR count). The first-order chi connectivity index (χ1) is 14.3. The summed E-state index contributed by atoms with van der Waals surface area (Å²) in [7, 11) is 3.09. The van der Waals surface area contributed by atoms with Crippen LogP contribution < -0.4 is 20.1 Å². The number of hydrogen-bond acceptors (Lipinski definition) is 4. The molecule has 0 aliphatic heterocycles. The van der Waals surface area contributed by atoms with Crippen molar-refractivity contribution in [3.05, 3.63) is 59.2 Å². The summed E-state index contributed by atoms with van der Waals surface area (Å²) < 4.78 is 38.1. The van der Waals surface area contributed by atoms with Crippen LogP contribution in [0.5, 0.6) is 11.5 Å². The van der Waals surface area contributed by atoms with Gasteiger partial charge in [0, 0.05) is 6.54 Å². The number of hydrogen-bond donors (Lipinski definition) is 2. The minimum atomic E-state index is -0.983. The van der Waals surface area contributed by atoms with Crippen molar-refractivity contribution in [1.82, 2.24) is 10.6 Å². The average Bonchev–Trinajstić information content (AvgIpc) is 2.71. The Hall–Kier alpha value is -3.16. The van der Waals surface area contributed by atoms with E-state index in [0.717, 1.165) is 17.7 Å². The Morgan fingerprint density at radius 2 is 1.63 bits per heavy atom. The number of ether oxygens (including phenoxy) is 2. The summed E-state index contributed by atoms with van der Waals surface area (Å²) >= 11 is 0. The second kappa shape index (κ2) is 10.6. The highest BCUT2D eigenvalue weighted by molar-refractivity contribution is 5.98. The van der Waals surface area contributed by atoms with Gasteiger partial charge in [0.15, 0.2) is 11.5 Å². The summed E-state index contributed by atoms with van der Waals surface area (Å²) in [5.41, 5.74) is 0.216. The van der Waals surface area contributed by atoms with E-state index in [0.29, 0.717) is 24.5 Å². The van der Waals surface area contributed by atoms with E-state index >= 15 is 0 Å². The van der Waals surface area contributed by atoms with Crippen molar-refractivity contribution in [3.8, 4) is 11.5 Å². The number of methoxy groups -OCH3 is 2. The van der Waals surface area contributed by atoms with Crippen LogP contribution in [-0.2, 0) is 11.2 Å². The summed E-state index contributed by atoms with van der Waals surface area (Å²) in [5, 5.41) is 5.18. The van der Waals surface area contributed by atoms with Gasteiger partial charge in [0.05, 0.1) is 14.2 Å². The Kier molecular flexibility index (Phi) is 8.15. The van der Waals surface area contributed by atoms with E-state index in [1.807, 2.05) is 12.1 Å². The molecule has 0 aliphatic rings. The van der Waals surface area contributed by atoms with Crippen molar-refractivity contribution in [2.24, 2.45) is 5.92 Å². The average molecular weight is 420 g/mol. The number of nitrogens with one attached hydrogen (secondary N) is 2. The van der Waals surface area contributed by atoms with Gasteiger partial charge in [0.25, 0.3) is 5.91 Å². The standard InChI is InChI=1S/C22H26F2N2O4/c1-13(2)20(26-21(27)19-15(23)6-5-7-16(19)24)22(28)25-11-10-14-8-9-17(29-3)18(12-14)30-4/h5-9,12-13,20H,10-11H2,1-4H3,(H,25,28)(H,26,27). The Balaban J connectivity index is 2.00. The van der Waals surface area contributed by atoms with Crippen molar-refractivity contribution >= 4 is 11.8 Å². The van der Waals surface area contributed by atoms with Gasteiger partial charge in [0.1, 0.15) is 23.2 Å². The van der Waals surface area contributed by atoms with Gasteiger partial charge in [-0.25, -0.2) is 8.78 Å². The lowest BCUT2D eigenvalue weighted by Crippen LogP contribution is -2.50. The third kappa shape index (κ3) is 5.68. The minimum Gasteiger partial charge on any atom is -0.493 e. The Morgan fingerprint density at radius 1 is 1.00 bits per heavy atom. The van der Waals surface area contributed by atoms with Gasteiger partial charge < -0.3 is 20.1 Å². The van der Waals surface area contributed by atoms with Gasteiger partial charge in [-0.15, -0.1) is 0 Å². The van der Waals surface area contributed by atoms with E-state index in [9.17, 15) is 18.4 Å². The van der Waals surface area contributed by atoms with Crippen LogP contribution in [0, 0.1) is 17.6 Å². The van der Waals surface area contributed by atoms with Crippen molar-refractivity contribution in [2.45, 2.75) is 26.3 Å². The maximum Gasteiger partial charge on any atom is 0.257 e. The largest absolute Gasteiger partial charge is 0.493 e. The molecule has 0 radical (unpaired) electrons. The number of carbonyl (C=O) groups excluding carboxylic acids is 2. The highest BCUT2D eigenvalue weighted by atomic mass is 19.1. The van der Waals surface area contributed by atoms with Crippen molar-refractivity contribution in [1.29, 1.82) is 0 Å². The zero-order valence-corrected chi connectivity index (χ0v) is 17.4. The molecule has 0 saturated carbocycles. The molecule has 0 spiro atoms. The fourth-order valence-corrected chi connectivity index (χ4v) is 2.94. The summed E-state index contributed by atoms with van der Waals surface area (Å²) in [6.07, 6.45) is 0.521. The summed E-state index contributed by atoms with van der Waals surface area (Å²) in [6.45, 7) is 3.77. The molecule has 2 aromatic rings. The molecular weight excluding hydrogens is 394 g/mol. The van der Waals surface area contributed by atoms with Gasteiger partial charge in [-0.1, -0.05) is 26.0 Å². The van der Waals surface area contributed by atoms with Crippen molar-refractivity contribution in [2.75, 3.05) is 20.8 Å². The molecule has 0 aromatic heterocycles. The summed E-state index contributed by atoms with van der Waals surface area (Å²) in [6, 6.07) is 7.65. The van der Waals surface area contributed by atoms with Crippen molar-refractivity contribution in [3.63, 3.8) is 0 Å². The van der Waals surface area contributed by atoms with Crippen LogP contribution in [0.3, 0.4) is 0 Å². The Morgan fingerprint density at radius 3 is 2.20 bits per heavy atom. The van der Waals surface area contributed by atoms with Gasteiger partial charge in [-0.05, 0) is 42.2 Å². The molecule has 8 heteroatoms. The molecule has 162 valence electrons. The second-order valence-corrected chi connectivity index (χ2v) is 7.02. The number of amides is 2. The molecule has 0 bridgehead atoms. The van der Waals surface area contributed by atoms with Crippen LogP contribution >= 0.6 is 0 Å². The first-order valence-electron chi connectivity index (χ1n) is 9.52. The molecular formula is C22H26F2N2O4. The van der Waals surface area contributed by atoms with E-state index in [2.05, 4.69) is 10.6 Å². The second-order valence-electron chi connectivity index (χ2n) is 7.02. The maximum absolute atomic E-state index is 13.8. The molecule has 30 heavy (non-hydrogen) atoms. The monoisotopic (exact) mass is 420 g/mol. The normalized spacial score (nSPS) is 11.7. The molecule has 2 amide bonds. The van der Waals surface area contributed by atoms with E-state index in [1.165, 1.54) is 13.2 Å². The van der Waals surface area contributed by atoms with Crippen LogP contribution in [0.25, 0.3) is 0 Å². The van der Waals surface area contributed by atoms with E-state index in [4.69, 9.17) is 9.47 Å². The summed E-state index contributed by atoms with van der Waals surface area (Å²) in [4.78, 5) is 24.9. The topological polar surface area (TPSA) is 76.7 Å². The molecule has 6 nitrogen and oxygen atoms in total. The number of benzene rings is 2. The third-order valence-electron chi connectivity index (χ3n) is 4.59. The highest BCUT2D eigenvalue weighted by Crippen LogP contribution is 2.27. The van der Waals surface area contributed by atoms with Gasteiger partial charge in [0.2, 0.25) is 5.91 Å². The first-order valence-corrected chi connectivity index (χ1v) is 9.52. The summed E-state index contributed by atoms with van der Waals surface area (Å²) in [5.74, 6) is -2.47. The third-order valence-corrected chi connectivity index (χ3v) is 4.59. The molecule has 0 heterocycles. The van der Waals surface area contributed by atoms with Gasteiger partial charge in [-0.2, -0.15) is 0 Å². The van der Waals surface area contributed by atoms with Crippen LogP contribution in [0.1, 0.15) is 29.8 Å². The van der Waals surface area contributed by atoms with Crippen molar-refractivity contribution < 1.29 is 27.8 Å². The van der Waals surface area contributed by atoms with E-state index < -0.39 is 35.1 Å². The van der Waals surface area contributed by atoms with Crippen LogP contribution in [-0.4, -0.2) is 38.6 Å². The lowest BCUT2D eigenvalue weighted by Gasteiger charge is -2.22. The predicted molar refractivity (Wildman–Crippen MR) is 109 cm³/mol. The lowest BCUT2D eigenvalue weighted by molar-refractivity contribution is -0.123. The number of halogens is 2. The quantitative estimate of drug-likeness (QED) is 0.654. The lowest BCUT2D eigenvalue weighted by atomic mass is 10.0. The van der Waals surface area contributed by atoms with E-state index in [-0.39, 0.29) is 5.92 Å². The molecule has 1 unspecified atom stereocenters. The fraction of sp³-hybridized carbons (Fsp3) is 0.364. The smallest absolute Gasteiger partial charge is 0.257 e. The van der Waals surface area contributed by atoms with E-state index in [1.54, 1.807) is 27.0 Å². The molecule has 2 aromatic carbocycles. The van der Waals surface area contributed by atoms with Crippen LogP contribution in [0.4, 0.5) is 8.78 Å². The minimum absolute atomic E-state index is 0.287. The number of rotatable bonds is 9.